The Morgan fingerprint density at radius 2 is 2.00 bits per heavy atom. The van der Waals surface area contributed by atoms with Crippen LogP contribution in [0, 0.1) is 0 Å². The van der Waals surface area contributed by atoms with Gasteiger partial charge in [0.1, 0.15) is 5.75 Å². The van der Waals surface area contributed by atoms with Crippen LogP contribution in [-0.2, 0) is 4.79 Å². The Morgan fingerprint density at radius 1 is 1.29 bits per heavy atom. The van der Waals surface area contributed by atoms with Crippen molar-refractivity contribution in [2.24, 2.45) is 0 Å². The molecule has 6 heteroatoms. The predicted octanol–water partition coefficient (Wildman–Crippen LogP) is 0.906. The van der Waals surface area contributed by atoms with Gasteiger partial charge in [-0.25, -0.2) is 0 Å². The van der Waals surface area contributed by atoms with Crippen LogP contribution >= 0.6 is 11.8 Å². The van der Waals surface area contributed by atoms with Gasteiger partial charge in [-0.1, -0.05) is 12.1 Å². The summed E-state index contributed by atoms with van der Waals surface area (Å²) >= 11 is 1.55. The fraction of sp³-hybridized carbons (Fsp3) is 0.273. The molecule has 0 unspecified atom stereocenters. The van der Waals surface area contributed by atoms with Gasteiger partial charge in [0, 0.05) is 12.2 Å². The average Bonchev–Trinajstić information content (AvgIpc) is 2.34. The third kappa shape index (κ3) is 4.36. The zero-order valence-electron chi connectivity index (χ0n) is 9.40. The fourth-order valence-electron chi connectivity index (χ4n) is 1.12. The molecule has 0 aliphatic rings. The van der Waals surface area contributed by atoms with Gasteiger partial charge in [-0.2, -0.15) is 11.8 Å². The highest BCUT2D eigenvalue weighted by atomic mass is 32.2. The number of carbonyl (C=O) groups excluding carboxylic acids is 2. The van der Waals surface area contributed by atoms with Crippen molar-refractivity contribution in [3.63, 3.8) is 0 Å². The lowest BCUT2D eigenvalue weighted by molar-refractivity contribution is -0.121. The van der Waals surface area contributed by atoms with E-state index in [0.717, 1.165) is 0 Å². The third-order valence-corrected chi connectivity index (χ3v) is 2.61. The standard InChI is InChI=1S/C11H14N2O3S/c1-17-7-6-10(15)12-13-11(16)8-4-2-3-5-9(8)14/h2-5,14H,6-7H2,1H3,(H,12,15)(H,13,16). The quantitative estimate of drug-likeness (QED) is 0.698. The second-order valence-electron chi connectivity index (χ2n) is 3.26. The lowest BCUT2D eigenvalue weighted by Gasteiger charge is -2.07. The van der Waals surface area contributed by atoms with Crippen LogP contribution < -0.4 is 10.9 Å². The van der Waals surface area contributed by atoms with Crippen molar-refractivity contribution in [3.05, 3.63) is 29.8 Å². The van der Waals surface area contributed by atoms with E-state index in [1.807, 2.05) is 6.26 Å². The van der Waals surface area contributed by atoms with Gasteiger partial charge in [-0.3, -0.25) is 20.4 Å². The molecule has 0 saturated heterocycles. The normalized spacial score (nSPS) is 9.71. The van der Waals surface area contributed by atoms with Crippen LogP contribution in [0.15, 0.2) is 24.3 Å². The number of amides is 2. The number of aromatic hydroxyl groups is 1. The molecule has 2 amide bonds. The molecule has 3 N–H and O–H groups in total. The van der Waals surface area contributed by atoms with Crippen LogP contribution in [0.1, 0.15) is 16.8 Å². The average molecular weight is 254 g/mol. The van der Waals surface area contributed by atoms with Gasteiger partial charge >= 0.3 is 0 Å². The topological polar surface area (TPSA) is 78.4 Å². The molecule has 0 radical (unpaired) electrons. The minimum Gasteiger partial charge on any atom is -0.507 e. The summed E-state index contributed by atoms with van der Waals surface area (Å²) in [5.74, 6) is -0.231. The van der Waals surface area contributed by atoms with Gasteiger partial charge < -0.3 is 5.11 Å². The van der Waals surface area contributed by atoms with E-state index < -0.39 is 5.91 Å². The van der Waals surface area contributed by atoms with Crippen LogP contribution in [0.5, 0.6) is 5.75 Å². The number of phenolic OH excluding ortho intramolecular Hbond substituents is 1. The van der Waals surface area contributed by atoms with Gasteiger partial charge in [-0.05, 0) is 18.4 Å². The number of rotatable bonds is 4. The Bertz CT molecular complexity index is 409. The Morgan fingerprint density at radius 3 is 2.65 bits per heavy atom. The van der Waals surface area contributed by atoms with E-state index in [4.69, 9.17) is 0 Å². The summed E-state index contributed by atoms with van der Waals surface area (Å²) in [5.41, 5.74) is 4.64. The lowest BCUT2D eigenvalue weighted by atomic mass is 10.2. The summed E-state index contributed by atoms with van der Waals surface area (Å²) in [5, 5.41) is 9.41. The molecule has 0 aromatic heterocycles. The third-order valence-electron chi connectivity index (χ3n) is 2.00. The van der Waals surface area contributed by atoms with Crippen LogP contribution in [-0.4, -0.2) is 28.9 Å². The Balaban J connectivity index is 2.45. The highest BCUT2D eigenvalue weighted by molar-refractivity contribution is 7.98. The molecule has 5 nitrogen and oxygen atoms in total. The molecule has 0 aliphatic heterocycles. The molecule has 1 aromatic rings. The van der Waals surface area contributed by atoms with Gasteiger partial charge in [-0.15, -0.1) is 0 Å². The van der Waals surface area contributed by atoms with E-state index in [-0.39, 0.29) is 17.2 Å². The number of phenols is 1. The number of carbonyl (C=O) groups is 2. The smallest absolute Gasteiger partial charge is 0.273 e. The number of benzene rings is 1. The first-order valence-corrected chi connectivity index (χ1v) is 6.40. The van der Waals surface area contributed by atoms with Crippen LogP contribution in [0.4, 0.5) is 0 Å². The molecular weight excluding hydrogens is 240 g/mol. The number of thioether (sulfide) groups is 1. The largest absolute Gasteiger partial charge is 0.507 e. The highest BCUT2D eigenvalue weighted by Gasteiger charge is 2.10. The van der Waals surface area contributed by atoms with Crippen molar-refractivity contribution in [2.45, 2.75) is 6.42 Å². The number of hydrogen-bond acceptors (Lipinski definition) is 4. The van der Waals surface area contributed by atoms with Crippen molar-refractivity contribution in [3.8, 4) is 5.75 Å². The molecule has 0 saturated carbocycles. The van der Waals surface area contributed by atoms with Crippen molar-refractivity contribution < 1.29 is 14.7 Å². The molecule has 0 heterocycles. The van der Waals surface area contributed by atoms with E-state index in [0.29, 0.717) is 12.2 Å². The van der Waals surface area contributed by atoms with Gasteiger partial charge in [0.05, 0.1) is 5.56 Å². The van der Waals surface area contributed by atoms with Gasteiger partial charge in [0.2, 0.25) is 5.91 Å². The lowest BCUT2D eigenvalue weighted by Crippen LogP contribution is -2.41. The first-order chi connectivity index (χ1) is 8.15. The number of hydrogen-bond donors (Lipinski definition) is 3. The summed E-state index contributed by atoms with van der Waals surface area (Å²) < 4.78 is 0. The van der Waals surface area contributed by atoms with E-state index in [1.165, 1.54) is 12.1 Å². The molecule has 1 rings (SSSR count). The fourth-order valence-corrected chi connectivity index (χ4v) is 1.51. The highest BCUT2D eigenvalue weighted by Crippen LogP contribution is 2.14. The maximum absolute atomic E-state index is 11.6. The molecule has 0 bridgehead atoms. The first kappa shape index (κ1) is 13.4. The second-order valence-corrected chi connectivity index (χ2v) is 4.25. The maximum Gasteiger partial charge on any atom is 0.273 e. The minimum absolute atomic E-state index is 0.122. The molecule has 92 valence electrons. The SMILES string of the molecule is CSCCC(=O)NNC(=O)c1ccccc1O. The minimum atomic E-state index is -0.541. The van der Waals surface area contributed by atoms with Crippen molar-refractivity contribution >= 4 is 23.6 Å². The van der Waals surface area contributed by atoms with E-state index in [2.05, 4.69) is 10.9 Å². The Kier molecular flexibility index (Phi) is 5.35. The summed E-state index contributed by atoms with van der Waals surface area (Å²) in [4.78, 5) is 22.8. The molecular formula is C11H14N2O3S. The summed E-state index contributed by atoms with van der Waals surface area (Å²) in [6.07, 6.45) is 2.23. The zero-order chi connectivity index (χ0) is 12.7. The molecule has 0 fully saturated rings. The van der Waals surface area contributed by atoms with Gasteiger partial charge in [0.15, 0.2) is 0 Å². The number of nitrogens with one attached hydrogen (secondary N) is 2. The van der Waals surface area contributed by atoms with Crippen molar-refractivity contribution in [2.75, 3.05) is 12.0 Å². The molecule has 0 aliphatic carbocycles. The number of para-hydroxylation sites is 1. The molecule has 17 heavy (non-hydrogen) atoms. The summed E-state index contributed by atoms with van der Waals surface area (Å²) in [6.45, 7) is 0. The van der Waals surface area contributed by atoms with Crippen LogP contribution in [0.25, 0.3) is 0 Å². The molecule has 0 spiro atoms. The Hall–Kier alpha value is -1.69. The second kappa shape index (κ2) is 6.80. The van der Waals surface area contributed by atoms with Crippen molar-refractivity contribution in [1.29, 1.82) is 0 Å². The van der Waals surface area contributed by atoms with Crippen molar-refractivity contribution in [1.82, 2.24) is 10.9 Å². The van der Waals surface area contributed by atoms with Gasteiger partial charge in [0.25, 0.3) is 5.91 Å². The molecule has 1 aromatic carbocycles. The molecule has 0 atom stereocenters. The predicted molar refractivity (Wildman–Crippen MR) is 66.7 cm³/mol. The zero-order valence-corrected chi connectivity index (χ0v) is 10.2. The van der Waals surface area contributed by atoms with E-state index in [1.54, 1.807) is 23.9 Å². The Labute approximate surface area is 104 Å². The van der Waals surface area contributed by atoms with E-state index in [9.17, 15) is 14.7 Å². The van der Waals surface area contributed by atoms with E-state index >= 15 is 0 Å². The number of hydrazine groups is 1. The van der Waals surface area contributed by atoms with Crippen LogP contribution in [0.3, 0.4) is 0 Å². The monoisotopic (exact) mass is 254 g/mol. The summed E-state index contributed by atoms with van der Waals surface area (Å²) in [6, 6.07) is 6.12. The van der Waals surface area contributed by atoms with Crippen LogP contribution in [0.2, 0.25) is 0 Å². The maximum atomic E-state index is 11.6. The first-order valence-electron chi connectivity index (χ1n) is 5.01. The summed E-state index contributed by atoms with van der Waals surface area (Å²) in [7, 11) is 0.